The van der Waals surface area contributed by atoms with Gasteiger partial charge in [0.25, 0.3) is 11.5 Å². The van der Waals surface area contributed by atoms with E-state index in [1.54, 1.807) is 23.5 Å². The van der Waals surface area contributed by atoms with Crippen LogP contribution >= 0.6 is 11.3 Å². The molecular weight excluding hydrogens is 526 g/mol. The number of carbonyl (C=O) groups excluding carboxylic acids is 2. The number of nitrogens with two attached hydrogens (primary N) is 1. The Hall–Kier alpha value is -3.73. The predicted molar refractivity (Wildman–Crippen MR) is 161 cm³/mol. The minimum Gasteiger partial charge on any atom is -0.494 e. The number of pyridine rings is 1. The molecule has 9 nitrogen and oxygen atoms in total. The van der Waals surface area contributed by atoms with Gasteiger partial charge in [0.2, 0.25) is 5.91 Å². The fraction of sp³-hybridized carbons (Fsp3) is 0.367. The van der Waals surface area contributed by atoms with Gasteiger partial charge < -0.3 is 26.0 Å². The molecular formula is C30H35N5O4S. The Kier molecular flexibility index (Phi) is 9.10. The van der Waals surface area contributed by atoms with Crippen LogP contribution in [-0.2, 0) is 4.79 Å². The number of nitrogens with one attached hydrogen (secondary N) is 2. The maximum atomic E-state index is 13.4. The lowest BCUT2D eigenvalue weighted by Crippen LogP contribution is -2.47. The van der Waals surface area contributed by atoms with E-state index in [4.69, 9.17) is 10.5 Å². The summed E-state index contributed by atoms with van der Waals surface area (Å²) in [5.41, 5.74) is 6.76. The first-order valence-electron chi connectivity index (χ1n) is 13.8. The molecule has 1 amide bonds. The number of nitrogens with zero attached hydrogens (tertiary/aromatic N) is 2. The van der Waals surface area contributed by atoms with E-state index in [1.807, 2.05) is 12.1 Å². The maximum Gasteiger partial charge on any atom is 0.257 e. The van der Waals surface area contributed by atoms with Crippen LogP contribution in [0.5, 0.6) is 5.75 Å². The first kappa shape index (κ1) is 27.8. The van der Waals surface area contributed by atoms with Crippen molar-refractivity contribution in [2.45, 2.75) is 31.7 Å². The Morgan fingerprint density at radius 3 is 2.80 bits per heavy atom. The van der Waals surface area contributed by atoms with Crippen molar-refractivity contribution in [2.24, 2.45) is 5.73 Å². The van der Waals surface area contributed by atoms with E-state index < -0.39 is 17.5 Å². The Bertz CT molecular complexity index is 1550. The largest absolute Gasteiger partial charge is 0.494 e. The van der Waals surface area contributed by atoms with Gasteiger partial charge in [-0.05, 0) is 79.4 Å². The zero-order valence-electron chi connectivity index (χ0n) is 22.4. The van der Waals surface area contributed by atoms with E-state index >= 15 is 0 Å². The topological polar surface area (TPSA) is 119 Å². The monoisotopic (exact) mass is 561 g/mol. The minimum atomic E-state index is -0.684. The van der Waals surface area contributed by atoms with Crippen LogP contribution in [0, 0.1) is 0 Å². The highest BCUT2D eigenvalue weighted by Gasteiger charge is 2.35. The molecule has 1 saturated heterocycles. The van der Waals surface area contributed by atoms with Gasteiger partial charge in [-0.15, -0.1) is 11.3 Å². The molecule has 40 heavy (non-hydrogen) atoms. The summed E-state index contributed by atoms with van der Waals surface area (Å²) in [4.78, 5) is 39.9. The lowest BCUT2D eigenvalue weighted by atomic mass is 10.1. The zero-order valence-corrected chi connectivity index (χ0v) is 23.3. The second-order valence-electron chi connectivity index (χ2n) is 9.89. The van der Waals surface area contributed by atoms with Crippen LogP contribution in [0.15, 0.2) is 64.8 Å². The maximum absolute atomic E-state index is 13.4. The van der Waals surface area contributed by atoms with Crippen LogP contribution in [0.3, 0.4) is 0 Å². The summed E-state index contributed by atoms with van der Waals surface area (Å²) in [6.45, 7) is 3.44. The highest BCUT2D eigenvalue weighted by Crippen LogP contribution is 2.27. The van der Waals surface area contributed by atoms with Gasteiger partial charge in [-0.3, -0.25) is 14.4 Å². The van der Waals surface area contributed by atoms with Crippen molar-refractivity contribution in [1.29, 1.82) is 0 Å². The molecule has 0 radical (unpaired) electrons. The number of ether oxygens (including phenoxy) is 1. The average Bonchev–Trinajstić information content (AvgIpc) is 3.66. The third-order valence-corrected chi connectivity index (χ3v) is 8.13. The van der Waals surface area contributed by atoms with E-state index in [0.29, 0.717) is 37.3 Å². The molecule has 4 aromatic rings. The van der Waals surface area contributed by atoms with Crippen molar-refractivity contribution in [3.8, 4) is 5.75 Å². The zero-order chi connectivity index (χ0) is 27.9. The third kappa shape index (κ3) is 6.19. The highest BCUT2D eigenvalue weighted by molar-refractivity contribution is 7.17. The number of carbonyl (C=O) groups is 2. The van der Waals surface area contributed by atoms with Gasteiger partial charge in [0.05, 0.1) is 18.7 Å². The molecule has 5 rings (SSSR count). The third-order valence-electron chi connectivity index (χ3n) is 7.25. The molecule has 1 aliphatic heterocycles. The molecule has 1 atom stereocenters. The summed E-state index contributed by atoms with van der Waals surface area (Å²) in [5.74, 6) is -0.0878. The molecule has 0 aliphatic carbocycles. The van der Waals surface area contributed by atoms with Crippen LogP contribution in [0.25, 0.3) is 21.0 Å². The number of unbranched alkanes of at least 4 members (excludes halogenated alkanes) is 1. The molecule has 3 heterocycles. The number of likely N-dealkylation sites (tertiary alicyclic amines) is 1. The van der Waals surface area contributed by atoms with E-state index in [9.17, 15) is 14.4 Å². The average molecular weight is 562 g/mol. The van der Waals surface area contributed by atoms with Crippen LogP contribution in [0.2, 0.25) is 0 Å². The molecule has 4 N–H and O–H groups in total. The molecule has 2 aromatic heterocycles. The SMILES string of the molecule is NCC(=O)N1CCCC1C(=O)n1c(=O)ccc2ccc(OCCCCNCCNc3cccc4sccc34)cc21. The Balaban J connectivity index is 1.10. The summed E-state index contributed by atoms with van der Waals surface area (Å²) in [6, 6.07) is 16.3. The predicted octanol–water partition coefficient (Wildman–Crippen LogP) is 3.67. The van der Waals surface area contributed by atoms with Gasteiger partial charge in [0.1, 0.15) is 11.8 Å². The number of fused-ring (bicyclic) bond motifs is 2. The lowest BCUT2D eigenvalue weighted by Gasteiger charge is -2.24. The van der Waals surface area contributed by atoms with Crippen LogP contribution in [0.1, 0.15) is 30.5 Å². The fourth-order valence-corrected chi connectivity index (χ4v) is 6.03. The summed E-state index contributed by atoms with van der Waals surface area (Å²) < 4.78 is 8.43. The van der Waals surface area contributed by atoms with Crippen molar-refractivity contribution in [3.05, 3.63) is 70.3 Å². The van der Waals surface area contributed by atoms with Crippen molar-refractivity contribution in [1.82, 2.24) is 14.8 Å². The summed E-state index contributed by atoms with van der Waals surface area (Å²) in [7, 11) is 0. The number of benzene rings is 2. The van der Waals surface area contributed by atoms with Gasteiger partial charge in [-0.1, -0.05) is 6.07 Å². The molecule has 1 aliphatic rings. The number of hydrogen-bond donors (Lipinski definition) is 3. The molecule has 210 valence electrons. The molecule has 0 bridgehead atoms. The molecule has 0 spiro atoms. The Morgan fingerprint density at radius 1 is 1.05 bits per heavy atom. The van der Waals surface area contributed by atoms with Crippen LogP contribution in [-0.4, -0.2) is 66.7 Å². The van der Waals surface area contributed by atoms with E-state index in [0.717, 1.165) is 37.9 Å². The van der Waals surface area contributed by atoms with Crippen molar-refractivity contribution in [2.75, 3.05) is 44.6 Å². The first-order valence-corrected chi connectivity index (χ1v) is 14.7. The van der Waals surface area contributed by atoms with E-state index in [-0.39, 0.29) is 12.5 Å². The molecule has 1 fully saturated rings. The van der Waals surface area contributed by atoms with Gasteiger partial charge >= 0.3 is 0 Å². The number of amides is 1. The fourth-order valence-electron chi connectivity index (χ4n) is 5.22. The summed E-state index contributed by atoms with van der Waals surface area (Å²) in [5, 5.41) is 11.1. The normalized spacial score (nSPS) is 15.1. The molecule has 2 aromatic carbocycles. The van der Waals surface area contributed by atoms with Gasteiger partial charge in [0, 0.05) is 47.5 Å². The minimum absolute atomic E-state index is 0.162. The van der Waals surface area contributed by atoms with Gasteiger partial charge in [0.15, 0.2) is 0 Å². The van der Waals surface area contributed by atoms with Gasteiger partial charge in [-0.2, -0.15) is 0 Å². The van der Waals surface area contributed by atoms with Crippen molar-refractivity contribution in [3.63, 3.8) is 0 Å². The molecule has 10 heteroatoms. The quantitative estimate of drug-likeness (QED) is 0.226. The second-order valence-corrected chi connectivity index (χ2v) is 10.8. The first-order chi connectivity index (χ1) is 19.6. The van der Waals surface area contributed by atoms with E-state index in [1.165, 1.54) is 31.3 Å². The van der Waals surface area contributed by atoms with Crippen LogP contribution < -0.4 is 26.7 Å². The second kappa shape index (κ2) is 13.1. The number of hydrogen-bond acceptors (Lipinski definition) is 8. The Labute approximate surface area is 236 Å². The number of aromatic nitrogens is 1. The van der Waals surface area contributed by atoms with E-state index in [2.05, 4.69) is 40.3 Å². The lowest BCUT2D eigenvalue weighted by molar-refractivity contribution is -0.129. The summed E-state index contributed by atoms with van der Waals surface area (Å²) in [6.07, 6.45) is 3.04. The Morgan fingerprint density at radius 2 is 1.93 bits per heavy atom. The highest BCUT2D eigenvalue weighted by atomic mass is 32.1. The van der Waals surface area contributed by atoms with Crippen molar-refractivity contribution < 1.29 is 14.3 Å². The van der Waals surface area contributed by atoms with Crippen molar-refractivity contribution >= 4 is 49.8 Å². The summed E-state index contributed by atoms with van der Waals surface area (Å²) >= 11 is 1.75. The van der Waals surface area contributed by atoms with Gasteiger partial charge in [-0.25, -0.2) is 4.57 Å². The molecule has 0 saturated carbocycles. The number of thiophene rings is 1. The molecule has 1 unspecified atom stereocenters. The smallest absolute Gasteiger partial charge is 0.257 e. The standard InChI is InChI=1S/C30H35N5O4S/c31-20-29(37)34-16-4-6-25(34)30(38)35-26-19-22(10-8-21(26)9-11-28(35)36)39-17-2-1-13-32-14-15-33-24-5-3-7-27-23(24)12-18-40-27/h3,5,7-12,18-19,25,32-33H,1-2,4,6,13-17,20,31H2. The number of anilines is 1. The number of rotatable bonds is 12. The van der Waals surface area contributed by atoms with Crippen LogP contribution in [0.4, 0.5) is 5.69 Å².